The van der Waals surface area contributed by atoms with E-state index >= 15 is 0 Å². The summed E-state index contributed by atoms with van der Waals surface area (Å²) in [6.07, 6.45) is 2.46. The van der Waals surface area contributed by atoms with Crippen LogP contribution in [0.15, 0.2) is 77.4 Å². The van der Waals surface area contributed by atoms with Crippen molar-refractivity contribution in [3.05, 3.63) is 90.1 Å². The largest absolute Gasteiger partial charge is 0.468 e. The van der Waals surface area contributed by atoms with Crippen LogP contribution in [0.2, 0.25) is 0 Å². The maximum absolute atomic E-state index is 13.2. The SMILES string of the molecule is O=C(NCCc1ccccc1)NCC(c1ccco1)N1CCN(c2ccc(F)cc2)CC1. The van der Waals surface area contributed by atoms with E-state index in [1.807, 2.05) is 42.5 Å². The van der Waals surface area contributed by atoms with Crippen molar-refractivity contribution in [2.45, 2.75) is 12.5 Å². The number of carbonyl (C=O) groups is 1. The lowest BCUT2D eigenvalue weighted by atomic mass is 10.1. The zero-order chi connectivity index (χ0) is 22.2. The Morgan fingerprint density at radius 1 is 0.938 bits per heavy atom. The summed E-state index contributed by atoms with van der Waals surface area (Å²) in [7, 11) is 0. The summed E-state index contributed by atoms with van der Waals surface area (Å²) in [6.45, 7) is 4.33. The molecule has 7 heteroatoms. The van der Waals surface area contributed by atoms with E-state index in [1.54, 1.807) is 6.26 Å². The van der Waals surface area contributed by atoms with Crippen LogP contribution in [-0.2, 0) is 6.42 Å². The fourth-order valence-electron chi connectivity index (χ4n) is 4.05. The number of urea groups is 1. The number of carbonyl (C=O) groups excluding carboxylic acids is 1. The Morgan fingerprint density at radius 3 is 2.38 bits per heavy atom. The fourth-order valence-corrected chi connectivity index (χ4v) is 4.05. The van der Waals surface area contributed by atoms with Crippen LogP contribution in [0.4, 0.5) is 14.9 Å². The Morgan fingerprint density at radius 2 is 1.69 bits per heavy atom. The molecule has 1 saturated heterocycles. The third kappa shape index (κ3) is 5.88. The first kappa shape index (κ1) is 21.9. The molecule has 4 rings (SSSR count). The van der Waals surface area contributed by atoms with Gasteiger partial charge in [0.15, 0.2) is 0 Å². The number of rotatable bonds is 8. The van der Waals surface area contributed by atoms with Gasteiger partial charge in [-0.3, -0.25) is 4.90 Å². The highest BCUT2D eigenvalue weighted by Crippen LogP contribution is 2.24. The monoisotopic (exact) mass is 436 g/mol. The molecule has 0 bridgehead atoms. The normalized spacial score (nSPS) is 15.3. The van der Waals surface area contributed by atoms with Crippen LogP contribution >= 0.6 is 0 Å². The molecule has 2 amide bonds. The fraction of sp³-hybridized carbons (Fsp3) is 0.320. The second-order valence-electron chi connectivity index (χ2n) is 7.90. The predicted molar refractivity (Wildman–Crippen MR) is 123 cm³/mol. The summed E-state index contributed by atoms with van der Waals surface area (Å²) < 4.78 is 18.9. The van der Waals surface area contributed by atoms with Crippen LogP contribution in [0.25, 0.3) is 0 Å². The third-order valence-electron chi connectivity index (χ3n) is 5.82. The Balaban J connectivity index is 1.28. The minimum atomic E-state index is -0.224. The molecule has 1 aliphatic rings. The van der Waals surface area contributed by atoms with E-state index in [2.05, 4.69) is 32.6 Å². The molecule has 6 nitrogen and oxygen atoms in total. The van der Waals surface area contributed by atoms with Crippen molar-refractivity contribution >= 4 is 11.7 Å². The van der Waals surface area contributed by atoms with E-state index in [1.165, 1.54) is 17.7 Å². The molecule has 1 fully saturated rings. The smallest absolute Gasteiger partial charge is 0.314 e. The van der Waals surface area contributed by atoms with Gasteiger partial charge in [0.2, 0.25) is 0 Å². The second kappa shape index (κ2) is 10.8. The van der Waals surface area contributed by atoms with Gasteiger partial charge in [0.1, 0.15) is 11.6 Å². The van der Waals surface area contributed by atoms with Crippen molar-refractivity contribution < 1.29 is 13.6 Å². The van der Waals surface area contributed by atoms with Crippen molar-refractivity contribution in [3.8, 4) is 0 Å². The van der Waals surface area contributed by atoms with Crippen LogP contribution in [0.1, 0.15) is 17.4 Å². The number of nitrogens with one attached hydrogen (secondary N) is 2. The zero-order valence-corrected chi connectivity index (χ0v) is 18.0. The standard InChI is InChI=1S/C25H29FN4O2/c26-21-8-10-22(11-9-21)29-14-16-30(17-15-29)23(24-7-4-18-32-24)19-28-25(31)27-13-12-20-5-2-1-3-6-20/h1-11,18,23H,12-17,19H2,(H2,27,28,31). The molecule has 2 aromatic carbocycles. The number of amides is 2. The average molecular weight is 437 g/mol. The first-order chi connectivity index (χ1) is 15.7. The van der Waals surface area contributed by atoms with Gasteiger partial charge in [-0.05, 0) is 48.4 Å². The molecule has 1 unspecified atom stereocenters. The number of hydrogen-bond acceptors (Lipinski definition) is 4. The minimum Gasteiger partial charge on any atom is -0.468 e. The quantitative estimate of drug-likeness (QED) is 0.564. The van der Waals surface area contributed by atoms with Gasteiger partial charge in [-0.25, -0.2) is 9.18 Å². The molecule has 0 radical (unpaired) electrons. The molecule has 2 heterocycles. The van der Waals surface area contributed by atoms with Gasteiger partial charge < -0.3 is 20.0 Å². The summed E-state index contributed by atoms with van der Waals surface area (Å²) in [5, 5.41) is 5.93. The molecular formula is C25H29FN4O2. The van der Waals surface area contributed by atoms with Gasteiger partial charge in [-0.15, -0.1) is 0 Å². The molecule has 2 N–H and O–H groups in total. The van der Waals surface area contributed by atoms with Crippen LogP contribution < -0.4 is 15.5 Å². The summed E-state index contributed by atoms with van der Waals surface area (Å²) in [5.41, 5.74) is 2.22. The minimum absolute atomic E-state index is 0.0414. The van der Waals surface area contributed by atoms with E-state index in [9.17, 15) is 9.18 Å². The Bertz CT molecular complexity index is 955. The molecule has 168 valence electrons. The van der Waals surface area contributed by atoms with Crippen LogP contribution in [0.3, 0.4) is 0 Å². The summed E-state index contributed by atoms with van der Waals surface area (Å²) in [4.78, 5) is 16.9. The molecule has 0 aliphatic carbocycles. The lowest BCUT2D eigenvalue weighted by Crippen LogP contribution is -2.50. The van der Waals surface area contributed by atoms with Crippen molar-refractivity contribution in [2.24, 2.45) is 0 Å². The van der Waals surface area contributed by atoms with Gasteiger partial charge in [0, 0.05) is 45.0 Å². The number of piperazine rings is 1. The molecule has 1 aliphatic heterocycles. The van der Waals surface area contributed by atoms with E-state index in [4.69, 9.17) is 4.42 Å². The highest BCUT2D eigenvalue weighted by atomic mass is 19.1. The third-order valence-corrected chi connectivity index (χ3v) is 5.82. The molecule has 1 atom stereocenters. The van der Waals surface area contributed by atoms with Gasteiger partial charge in [0.05, 0.1) is 12.3 Å². The summed E-state index contributed by atoms with van der Waals surface area (Å²) in [6, 6.07) is 20.3. The van der Waals surface area contributed by atoms with Gasteiger partial charge in [-0.2, -0.15) is 0 Å². The number of benzene rings is 2. The van der Waals surface area contributed by atoms with Gasteiger partial charge >= 0.3 is 6.03 Å². The van der Waals surface area contributed by atoms with Crippen LogP contribution in [0, 0.1) is 5.82 Å². The summed E-state index contributed by atoms with van der Waals surface area (Å²) in [5.74, 6) is 0.614. The van der Waals surface area contributed by atoms with E-state index in [0.29, 0.717) is 13.1 Å². The van der Waals surface area contributed by atoms with Crippen molar-refractivity contribution in [1.82, 2.24) is 15.5 Å². The Hall–Kier alpha value is -3.32. The number of anilines is 1. The number of furan rings is 1. The molecule has 0 saturated carbocycles. The first-order valence-electron chi connectivity index (χ1n) is 11.0. The Labute approximate surface area is 188 Å². The maximum atomic E-state index is 13.2. The number of hydrogen-bond donors (Lipinski definition) is 2. The van der Waals surface area contributed by atoms with Crippen molar-refractivity contribution in [3.63, 3.8) is 0 Å². The van der Waals surface area contributed by atoms with Crippen molar-refractivity contribution in [2.75, 3.05) is 44.2 Å². The van der Waals surface area contributed by atoms with Crippen LogP contribution in [-0.4, -0.2) is 50.2 Å². The van der Waals surface area contributed by atoms with Crippen molar-refractivity contribution in [1.29, 1.82) is 0 Å². The Kier molecular flexibility index (Phi) is 7.40. The van der Waals surface area contributed by atoms with E-state index < -0.39 is 0 Å². The molecule has 32 heavy (non-hydrogen) atoms. The van der Waals surface area contributed by atoms with Crippen LogP contribution in [0.5, 0.6) is 0 Å². The zero-order valence-electron chi connectivity index (χ0n) is 18.0. The second-order valence-corrected chi connectivity index (χ2v) is 7.90. The number of nitrogens with zero attached hydrogens (tertiary/aromatic N) is 2. The average Bonchev–Trinajstić information content (AvgIpc) is 3.36. The molecule has 0 spiro atoms. The maximum Gasteiger partial charge on any atom is 0.314 e. The van der Waals surface area contributed by atoms with Gasteiger partial charge in [0.25, 0.3) is 0 Å². The predicted octanol–water partition coefficient (Wildman–Crippen LogP) is 3.82. The highest BCUT2D eigenvalue weighted by Gasteiger charge is 2.27. The highest BCUT2D eigenvalue weighted by molar-refractivity contribution is 5.73. The molecular weight excluding hydrogens is 407 g/mol. The van der Waals surface area contributed by atoms with E-state index in [-0.39, 0.29) is 17.9 Å². The lowest BCUT2D eigenvalue weighted by Gasteiger charge is -2.39. The molecule has 1 aromatic heterocycles. The van der Waals surface area contributed by atoms with E-state index in [0.717, 1.165) is 44.0 Å². The van der Waals surface area contributed by atoms with Gasteiger partial charge in [-0.1, -0.05) is 30.3 Å². The lowest BCUT2D eigenvalue weighted by molar-refractivity contribution is 0.161. The molecule has 3 aromatic rings. The number of halogens is 1. The topological polar surface area (TPSA) is 60.8 Å². The summed E-state index contributed by atoms with van der Waals surface area (Å²) >= 11 is 0. The first-order valence-corrected chi connectivity index (χ1v) is 11.0.